The Bertz CT molecular complexity index is 3770. The maximum Gasteiger partial charge on any atom is 2.00 e. The SMILES string of the molecule is [Pt+2].[c-]1cc(-c2cccc3ccccc23)cc2c1-c1ncccc1[Si]21c2ccccc2-c2ccccc21.[c-]1cc(-c2cccc3ccccc23)cc2c1-c1ncccc1[Si]21c2ccccc2-c2ccccc21. The number of benzene rings is 10. The third-order valence-electron chi connectivity index (χ3n) is 15.7. The van der Waals surface area contributed by atoms with E-state index in [-0.39, 0.29) is 21.1 Å². The average molecular weight is 1110 g/mol. The van der Waals surface area contributed by atoms with Crippen molar-refractivity contribution < 1.29 is 21.1 Å². The molecule has 0 radical (unpaired) electrons. The number of aromatic nitrogens is 2. The zero-order valence-electron chi connectivity index (χ0n) is 38.3. The summed E-state index contributed by atoms with van der Waals surface area (Å²) in [7, 11) is -4.95. The molecule has 0 atom stereocenters. The van der Waals surface area contributed by atoms with Crippen molar-refractivity contribution in [1.82, 2.24) is 9.97 Å². The van der Waals surface area contributed by atoms with E-state index in [0.717, 1.165) is 11.4 Å². The quantitative estimate of drug-likeness (QED) is 0.127. The van der Waals surface area contributed by atoms with Crippen LogP contribution in [0.15, 0.2) is 243 Å². The molecule has 0 aliphatic carbocycles. The topological polar surface area (TPSA) is 25.8 Å². The number of hydrogen-bond acceptors (Lipinski definition) is 2. The summed E-state index contributed by atoms with van der Waals surface area (Å²) >= 11 is 0. The Morgan fingerprint density at radius 1 is 0.296 bits per heavy atom. The molecule has 332 valence electrons. The molecule has 2 spiro atoms. The Hall–Kier alpha value is -7.86. The Morgan fingerprint density at radius 2 is 0.620 bits per heavy atom. The van der Waals surface area contributed by atoms with Gasteiger partial charge in [0.1, 0.15) is 16.1 Å². The third kappa shape index (κ3) is 5.73. The van der Waals surface area contributed by atoms with Crippen molar-refractivity contribution in [2.75, 3.05) is 0 Å². The molecule has 0 saturated heterocycles. The van der Waals surface area contributed by atoms with Crippen LogP contribution in [0.5, 0.6) is 0 Å². The van der Waals surface area contributed by atoms with E-state index in [0.29, 0.717) is 0 Å². The normalized spacial score (nSPS) is 13.7. The van der Waals surface area contributed by atoms with Crippen molar-refractivity contribution >= 4 is 79.2 Å². The summed E-state index contributed by atoms with van der Waals surface area (Å²) in [6.45, 7) is 0. The largest absolute Gasteiger partial charge is 2.00 e. The summed E-state index contributed by atoms with van der Waals surface area (Å²) in [6.07, 6.45) is 3.85. The van der Waals surface area contributed by atoms with Gasteiger partial charge in [0.05, 0.1) is 0 Å². The van der Waals surface area contributed by atoms with E-state index in [1.165, 1.54) is 119 Å². The molecule has 0 N–H and O–H groups in total. The van der Waals surface area contributed by atoms with Crippen molar-refractivity contribution in [3.8, 4) is 67.0 Å². The molecule has 5 heteroatoms. The van der Waals surface area contributed by atoms with Crippen molar-refractivity contribution in [2.24, 2.45) is 0 Å². The molecule has 4 aliphatic rings. The van der Waals surface area contributed by atoms with Gasteiger partial charge in [0.2, 0.25) is 0 Å². The zero-order valence-corrected chi connectivity index (χ0v) is 42.6. The van der Waals surface area contributed by atoms with Crippen LogP contribution >= 0.6 is 0 Å². The number of rotatable bonds is 2. The fourth-order valence-electron chi connectivity index (χ4n) is 13.0. The molecule has 4 aliphatic heterocycles. The van der Waals surface area contributed by atoms with E-state index in [2.05, 4.69) is 243 Å². The summed E-state index contributed by atoms with van der Waals surface area (Å²) in [5.74, 6) is 0. The van der Waals surface area contributed by atoms with Crippen molar-refractivity contribution in [2.45, 2.75) is 0 Å². The summed E-state index contributed by atoms with van der Waals surface area (Å²) in [4.78, 5) is 9.84. The number of pyridine rings is 2. The van der Waals surface area contributed by atoms with Crippen LogP contribution in [0, 0.1) is 12.1 Å². The van der Waals surface area contributed by atoms with Gasteiger partial charge in [-0.3, -0.25) is 0 Å². The molecule has 0 fully saturated rings. The van der Waals surface area contributed by atoms with Gasteiger partial charge in [0.25, 0.3) is 0 Å². The van der Waals surface area contributed by atoms with Crippen molar-refractivity contribution in [1.29, 1.82) is 0 Å². The van der Waals surface area contributed by atoms with Crippen LogP contribution in [0.2, 0.25) is 0 Å². The molecule has 0 bridgehead atoms. The van der Waals surface area contributed by atoms with Gasteiger partial charge >= 0.3 is 21.1 Å². The molecular weight excluding hydrogens is 1070 g/mol. The van der Waals surface area contributed by atoms with E-state index >= 15 is 0 Å². The van der Waals surface area contributed by atoms with E-state index in [9.17, 15) is 0 Å². The molecule has 2 aromatic heterocycles. The Labute approximate surface area is 429 Å². The molecule has 2 nitrogen and oxygen atoms in total. The van der Waals surface area contributed by atoms with E-state index in [1.54, 1.807) is 0 Å². The summed E-state index contributed by atoms with van der Waals surface area (Å²) in [5, 5.41) is 16.6. The first-order valence-corrected chi connectivity index (χ1v) is 28.1. The number of hydrogen-bond donors (Lipinski definition) is 0. The van der Waals surface area contributed by atoms with Crippen LogP contribution in [0.1, 0.15) is 0 Å². The standard InChI is InChI=1S/2C33H20NSi.Pt/c2*1-2-11-24-22(9-1)10-7-14-25(24)23-18-19-28-32(21-23)35(31-17-8-20-34-33(28)31)29-15-5-3-12-26(29)27-13-4-6-16-30(27)35;/h2*1-18,20-21H;/q2*-1;+2. The summed E-state index contributed by atoms with van der Waals surface area (Å²) in [5.41, 5.74) is 15.0. The molecule has 0 saturated carbocycles. The average Bonchev–Trinajstić information content (AvgIpc) is 4.13. The molecule has 10 aromatic carbocycles. The molecule has 16 rings (SSSR count). The Balaban J connectivity index is 0.000000131. The molecular formula is C66H40N2PtSi2. The van der Waals surface area contributed by atoms with Gasteiger partial charge in [0.15, 0.2) is 0 Å². The predicted octanol–water partition coefficient (Wildman–Crippen LogP) is 10.1. The van der Waals surface area contributed by atoms with Gasteiger partial charge < -0.3 is 9.97 Å². The van der Waals surface area contributed by atoms with Crippen LogP contribution in [0.3, 0.4) is 0 Å². The van der Waals surface area contributed by atoms with Crippen LogP contribution < -0.4 is 41.5 Å². The van der Waals surface area contributed by atoms with E-state index in [4.69, 9.17) is 9.97 Å². The molecule has 12 aromatic rings. The second-order valence-electron chi connectivity index (χ2n) is 18.9. The first kappa shape index (κ1) is 42.1. The fraction of sp³-hybridized carbons (Fsp3) is 0. The molecule has 0 amide bonds. The second kappa shape index (κ2) is 16.1. The van der Waals surface area contributed by atoms with Crippen LogP contribution in [0.25, 0.3) is 88.6 Å². The monoisotopic (exact) mass is 1110 g/mol. The van der Waals surface area contributed by atoms with Crippen LogP contribution in [0.4, 0.5) is 0 Å². The molecule has 6 heterocycles. The zero-order chi connectivity index (χ0) is 46.0. The van der Waals surface area contributed by atoms with E-state index < -0.39 is 16.1 Å². The Morgan fingerprint density at radius 3 is 1.03 bits per heavy atom. The van der Waals surface area contributed by atoms with E-state index in [1.807, 2.05) is 12.4 Å². The molecule has 0 unspecified atom stereocenters. The van der Waals surface area contributed by atoms with Gasteiger partial charge in [-0.1, -0.05) is 227 Å². The van der Waals surface area contributed by atoms with Gasteiger partial charge in [0, 0.05) is 12.4 Å². The minimum atomic E-state index is -2.48. The minimum Gasteiger partial charge on any atom is -0.305 e. The second-order valence-corrected chi connectivity index (χ2v) is 26.2. The summed E-state index contributed by atoms with van der Waals surface area (Å²) in [6, 6.07) is 92.1. The number of fused-ring (bicyclic) bond motifs is 22. The van der Waals surface area contributed by atoms with Gasteiger partial charge in [-0.05, 0) is 88.1 Å². The van der Waals surface area contributed by atoms with Gasteiger partial charge in [-0.2, -0.15) is 0 Å². The van der Waals surface area contributed by atoms with Gasteiger partial charge in [-0.15, -0.1) is 57.9 Å². The summed E-state index contributed by atoms with van der Waals surface area (Å²) < 4.78 is 0. The van der Waals surface area contributed by atoms with Crippen LogP contribution in [-0.2, 0) is 21.1 Å². The smallest absolute Gasteiger partial charge is 0.305 e. The third-order valence-corrected chi connectivity index (χ3v) is 25.5. The first-order valence-electron chi connectivity index (χ1n) is 24.1. The van der Waals surface area contributed by atoms with Crippen LogP contribution in [-0.4, -0.2) is 26.1 Å². The fourth-order valence-corrected chi connectivity index (χ4v) is 24.0. The van der Waals surface area contributed by atoms with Crippen molar-refractivity contribution in [3.05, 3.63) is 255 Å². The van der Waals surface area contributed by atoms with Gasteiger partial charge in [-0.25, -0.2) is 0 Å². The number of nitrogens with zero attached hydrogens (tertiary/aromatic N) is 2. The Kier molecular flexibility index (Phi) is 9.53. The van der Waals surface area contributed by atoms with Crippen molar-refractivity contribution in [3.63, 3.8) is 0 Å². The first-order chi connectivity index (χ1) is 34.7. The molecule has 71 heavy (non-hydrogen) atoms. The maximum absolute atomic E-state index is 4.92. The maximum atomic E-state index is 4.92. The minimum absolute atomic E-state index is 0. The predicted molar refractivity (Wildman–Crippen MR) is 295 cm³/mol.